The summed E-state index contributed by atoms with van der Waals surface area (Å²) in [5, 5.41) is 0. The fourth-order valence-electron chi connectivity index (χ4n) is 3.97. The highest BCUT2D eigenvalue weighted by Crippen LogP contribution is 2.30. The second-order valence-corrected chi connectivity index (χ2v) is 7.86. The number of para-hydroxylation sites is 1. The van der Waals surface area contributed by atoms with Gasteiger partial charge in [-0.05, 0) is 37.8 Å². The van der Waals surface area contributed by atoms with E-state index in [0.717, 1.165) is 54.1 Å². The van der Waals surface area contributed by atoms with Crippen molar-refractivity contribution in [3.05, 3.63) is 47.4 Å². The Kier molecular flexibility index (Phi) is 5.46. The van der Waals surface area contributed by atoms with E-state index in [-0.39, 0.29) is 12.5 Å². The first-order valence-electron chi connectivity index (χ1n) is 10.2. The van der Waals surface area contributed by atoms with Gasteiger partial charge in [0.25, 0.3) is 5.91 Å². The van der Waals surface area contributed by atoms with Gasteiger partial charge in [-0.1, -0.05) is 25.1 Å². The number of hydrogen-bond acceptors (Lipinski definition) is 5. The lowest BCUT2D eigenvalue weighted by Gasteiger charge is -2.36. The highest BCUT2D eigenvalue weighted by Gasteiger charge is 2.28. The molecule has 2 aliphatic rings. The van der Waals surface area contributed by atoms with Gasteiger partial charge in [-0.3, -0.25) is 4.79 Å². The van der Waals surface area contributed by atoms with Crippen molar-refractivity contribution in [2.45, 2.75) is 39.7 Å². The lowest BCUT2D eigenvalue weighted by Crippen LogP contribution is -2.41. The lowest BCUT2D eigenvalue weighted by molar-refractivity contribution is -0.134. The predicted molar refractivity (Wildman–Crippen MR) is 108 cm³/mol. The molecule has 0 N–H and O–H groups in total. The number of aromatic nitrogens is 2. The molecular weight excluding hydrogens is 352 g/mol. The summed E-state index contributed by atoms with van der Waals surface area (Å²) < 4.78 is 5.65. The molecule has 0 spiro atoms. The number of anilines is 1. The summed E-state index contributed by atoms with van der Waals surface area (Å²) in [5.74, 6) is 3.34. The largest absolute Gasteiger partial charge is 0.484 e. The molecule has 0 saturated carbocycles. The van der Waals surface area contributed by atoms with E-state index >= 15 is 0 Å². The molecule has 1 amide bonds. The zero-order chi connectivity index (χ0) is 19.5. The van der Waals surface area contributed by atoms with Crippen LogP contribution in [0.5, 0.6) is 5.75 Å². The SMILES string of the molecule is Cc1nc2c(c(N3CCC(C)CC3)n1)CN(C(=O)COc1ccccc1)CC2. The molecule has 3 heterocycles. The molecule has 1 aromatic heterocycles. The quantitative estimate of drug-likeness (QED) is 0.816. The van der Waals surface area contributed by atoms with Gasteiger partial charge in [-0.2, -0.15) is 0 Å². The second-order valence-electron chi connectivity index (χ2n) is 7.86. The zero-order valence-electron chi connectivity index (χ0n) is 16.7. The number of ether oxygens (including phenoxy) is 1. The Bertz CT molecular complexity index is 832. The van der Waals surface area contributed by atoms with Crippen molar-refractivity contribution in [1.82, 2.24) is 14.9 Å². The molecule has 2 aliphatic heterocycles. The number of nitrogens with zero attached hydrogens (tertiary/aromatic N) is 4. The minimum atomic E-state index is 0.00768. The number of amides is 1. The molecular formula is C22H28N4O2. The summed E-state index contributed by atoms with van der Waals surface area (Å²) in [6.07, 6.45) is 3.14. The average molecular weight is 380 g/mol. The summed E-state index contributed by atoms with van der Waals surface area (Å²) in [6.45, 7) is 7.62. The lowest BCUT2D eigenvalue weighted by atomic mass is 9.98. The Hall–Kier alpha value is -2.63. The van der Waals surface area contributed by atoms with Crippen LogP contribution in [0.4, 0.5) is 5.82 Å². The van der Waals surface area contributed by atoms with Gasteiger partial charge in [0.15, 0.2) is 6.61 Å². The third-order valence-electron chi connectivity index (χ3n) is 5.69. The maximum atomic E-state index is 12.7. The van der Waals surface area contributed by atoms with Crippen molar-refractivity contribution < 1.29 is 9.53 Å². The van der Waals surface area contributed by atoms with Crippen molar-refractivity contribution in [2.75, 3.05) is 31.1 Å². The van der Waals surface area contributed by atoms with Crippen molar-refractivity contribution in [1.29, 1.82) is 0 Å². The first kappa shape index (κ1) is 18.7. The standard InChI is InChI=1S/C22H28N4O2/c1-16-8-11-25(12-9-16)22-19-14-26(13-10-20(19)23-17(2)24-22)21(27)15-28-18-6-4-3-5-7-18/h3-7,16H,8-15H2,1-2H3. The van der Waals surface area contributed by atoms with E-state index in [4.69, 9.17) is 9.72 Å². The second kappa shape index (κ2) is 8.17. The number of hydrogen-bond donors (Lipinski definition) is 0. The smallest absolute Gasteiger partial charge is 0.260 e. The van der Waals surface area contributed by atoms with E-state index in [0.29, 0.717) is 13.1 Å². The van der Waals surface area contributed by atoms with Gasteiger partial charge in [-0.25, -0.2) is 9.97 Å². The first-order valence-corrected chi connectivity index (χ1v) is 10.2. The van der Waals surface area contributed by atoms with Crippen molar-refractivity contribution >= 4 is 11.7 Å². The van der Waals surface area contributed by atoms with Crippen molar-refractivity contribution in [3.63, 3.8) is 0 Å². The summed E-state index contributed by atoms with van der Waals surface area (Å²) in [4.78, 5) is 26.4. The number of rotatable bonds is 4. The summed E-state index contributed by atoms with van der Waals surface area (Å²) in [6, 6.07) is 9.47. The van der Waals surface area contributed by atoms with E-state index in [1.807, 2.05) is 42.2 Å². The summed E-state index contributed by atoms with van der Waals surface area (Å²) in [7, 11) is 0. The molecule has 6 heteroatoms. The highest BCUT2D eigenvalue weighted by atomic mass is 16.5. The molecule has 0 atom stereocenters. The van der Waals surface area contributed by atoms with Crippen LogP contribution in [0.15, 0.2) is 30.3 Å². The zero-order valence-corrected chi connectivity index (χ0v) is 16.7. The van der Waals surface area contributed by atoms with Gasteiger partial charge in [0.05, 0.1) is 12.2 Å². The molecule has 2 aromatic rings. The predicted octanol–water partition coefficient (Wildman–Crippen LogP) is 2.99. The van der Waals surface area contributed by atoms with Crippen LogP contribution in [0, 0.1) is 12.8 Å². The summed E-state index contributed by atoms with van der Waals surface area (Å²) >= 11 is 0. The molecule has 6 nitrogen and oxygen atoms in total. The molecule has 0 unspecified atom stereocenters. The van der Waals surface area contributed by atoms with Gasteiger partial charge in [0.1, 0.15) is 17.4 Å². The Balaban J connectivity index is 1.48. The van der Waals surface area contributed by atoms with Crippen LogP contribution >= 0.6 is 0 Å². The van der Waals surface area contributed by atoms with E-state index in [9.17, 15) is 4.79 Å². The van der Waals surface area contributed by atoms with Crippen LogP contribution in [0.25, 0.3) is 0 Å². The van der Waals surface area contributed by atoms with Crippen LogP contribution in [-0.2, 0) is 17.8 Å². The molecule has 28 heavy (non-hydrogen) atoms. The van der Waals surface area contributed by atoms with Crippen molar-refractivity contribution in [3.8, 4) is 5.75 Å². The summed E-state index contributed by atoms with van der Waals surface area (Å²) in [5.41, 5.74) is 2.20. The fraction of sp³-hybridized carbons (Fsp3) is 0.500. The minimum absolute atomic E-state index is 0.00768. The Morgan fingerprint density at radius 1 is 1.14 bits per heavy atom. The average Bonchev–Trinajstić information content (AvgIpc) is 2.72. The monoisotopic (exact) mass is 380 g/mol. The molecule has 0 aliphatic carbocycles. The number of fused-ring (bicyclic) bond motifs is 1. The number of carbonyl (C=O) groups is 1. The van der Waals surface area contributed by atoms with Crippen molar-refractivity contribution in [2.24, 2.45) is 5.92 Å². The molecule has 0 radical (unpaired) electrons. The van der Waals surface area contributed by atoms with Crippen LogP contribution < -0.4 is 9.64 Å². The van der Waals surface area contributed by atoms with E-state index in [1.165, 1.54) is 12.8 Å². The number of aryl methyl sites for hydroxylation is 1. The number of benzene rings is 1. The topological polar surface area (TPSA) is 58.6 Å². The normalized spacial score (nSPS) is 17.4. The van der Waals surface area contributed by atoms with Gasteiger partial charge < -0.3 is 14.5 Å². The molecule has 148 valence electrons. The first-order chi connectivity index (χ1) is 13.6. The van der Waals surface area contributed by atoms with Crippen LogP contribution in [0.3, 0.4) is 0 Å². The van der Waals surface area contributed by atoms with Gasteiger partial charge in [0.2, 0.25) is 0 Å². The molecule has 0 bridgehead atoms. The fourth-order valence-corrected chi connectivity index (χ4v) is 3.97. The maximum Gasteiger partial charge on any atom is 0.260 e. The molecule has 4 rings (SSSR count). The van der Waals surface area contributed by atoms with Gasteiger partial charge in [-0.15, -0.1) is 0 Å². The highest BCUT2D eigenvalue weighted by molar-refractivity contribution is 5.78. The third kappa shape index (κ3) is 4.11. The van der Waals surface area contributed by atoms with E-state index in [1.54, 1.807) is 0 Å². The van der Waals surface area contributed by atoms with Crippen LogP contribution in [0.1, 0.15) is 36.8 Å². The Labute approximate surface area is 166 Å². The minimum Gasteiger partial charge on any atom is -0.484 e. The Morgan fingerprint density at radius 3 is 2.64 bits per heavy atom. The van der Waals surface area contributed by atoms with Crippen LogP contribution in [0.2, 0.25) is 0 Å². The van der Waals surface area contributed by atoms with E-state index < -0.39 is 0 Å². The number of piperidine rings is 1. The number of carbonyl (C=O) groups excluding carboxylic acids is 1. The van der Waals surface area contributed by atoms with E-state index in [2.05, 4.69) is 16.8 Å². The van der Waals surface area contributed by atoms with Crippen LogP contribution in [-0.4, -0.2) is 47.0 Å². The molecule has 1 fully saturated rings. The third-order valence-corrected chi connectivity index (χ3v) is 5.69. The maximum absolute atomic E-state index is 12.7. The Morgan fingerprint density at radius 2 is 1.89 bits per heavy atom. The van der Waals surface area contributed by atoms with Gasteiger partial charge in [0, 0.05) is 31.6 Å². The molecule has 1 aromatic carbocycles. The van der Waals surface area contributed by atoms with Gasteiger partial charge >= 0.3 is 0 Å². The molecule has 1 saturated heterocycles.